The Morgan fingerprint density at radius 3 is 2.56 bits per heavy atom. The second kappa shape index (κ2) is 5.21. The monoisotopic (exact) mass is 264 g/mol. The number of amides is 1. The van der Waals surface area contributed by atoms with Crippen LogP contribution in [-0.2, 0) is 6.18 Å². The molecule has 0 fully saturated rings. The van der Waals surface area contributed by atoms with E-state index in [0.717, 1.165) is 6.07 Å². The van der Waals surface area contributed by atoms with Gasteiger partial charge in [0, 0.05) is 6.04 Å². The van der Waals surface area contributed by atoms with E-state index in [4.69, 9.17) is 5.11 Å². The summed E-state index contributed by atoms with van der Waals surface area (Å²) < 4.78 is 36.8. The Bertz CT molecular complexity index is 496. The standard InChI is InChI=1S/C10H11F3N2O3/c1-5(4-16)14-8(17)6-2-3-7(10(11,12)13)15-9(6)18/h2-3,5,16H,4H2,1H3,(H,14,17)(H,15,18)/t5-/m0/s1. The molecule has 0 aliphatic carbocycles. The highest BCUT2D eigenvalue weighted by atomic mass is 19.4. The second-order valence-electron chi connectivity index (χ2n) is 3.67. The van der Waals surface area contributed by atoms with E-state index in [1.54, 1.807) is 4.98 Å². The molecule has 1 rings (SSSR count). The van der Waals surface area contributed by atoms with E-state index in [9.17, 15) is 22.8 Å². The van der Waals surface area contributed by atoms with Gasteiger partial charge in [0.2, 0.25) is 0 Å². The Labute approximate surface area is 99.6 Å². The van der Waals surface area contributed by atoms with Gasteiger partial charge in [0.1, 0.15) is 11.3 Å². The fourth-order valence-electron chi connectivity index (χ4n) is 1.17. The topological polar surface area (TPSA) is 82.2 Å². The number of halogens is 3. The molecule has 8 heteroatoms. The summed E-state index contributed by atoms with van der Waals surface area (Å²) in [5.74, 6) is -0.841. The van der Waals surface area contributed by atoms with Crippen LogP contribution in [0, 0.1) is 0 Å². The lowest BCUT2D eigenvalue weighted by molar-refractivity contribution is -0.141. The molecule has 0 aliphatic rings. The average molecular weight is 264 g/mol. The molecular formula is C10H11F3N2O3. The maximum Gasteiger partial charge on any atom is 0.431 e. The van der Waals surface area contributed by atoms with Crippen LogP contribution in [0.25, 0.3) is 0 Å². The first-order chi connectivity index (χ1) is 8.25. The van der Waals surface area contributed by atoms with Gasteiger partial charge in [0.05, 0.1) is 6.61 Å². The molecule has 3 N–H and O–H groups in total. The van der Waals surface area contributed by atoms with Crippen molar-refractivity contribution in [1.82, 2.24) is 10.3 Å². The molecule has 1 aromatic rings. The highest BCUT2D eigenvalue weighted by Gasteiger charge is 2.32. The van der Waals surface area contributed by atoms with Crippen molar-refractivity contribution in [1.29, 1.82) is 0 Å². The number of aliphatic hydroxyl groups is 1. The van der Waals surface area contributed by atoms with Gasteiger partial charge < -0.3 is 15.4 Å². The van der Waals surface area contributed by atoms with Crippen LogP contribution in [-0.4, -0.2) is 28.6 Å². The van der Waals surface area contributed by atoms with Crippen LogP contribution >= 0.6 is 0 Å². The van der Waals surface area contributed by atoms with E-state index >= 15 is 0 Å². The molecule has 1 aromatic heterocycles. The highest BCUT2D eigenvalue weighted by molar-refractivity contribution is 5.93. The predicted octanol–water partition coefficient (Wildman–Crippen LogP) is 0.504. The first kappa shape index (κ1) is 14.2. The largest absolute Gasteiger partial charge is 0.431 e. The molecule has 0 spiro atoms. The lowest BCUT2D eigenvalue weighted by Crippen LogP contribution is -2.38. The summed E-state index contributed by atoms with van der Waals surface area (Å²) in [7, 11) is 0. The number of carbonyl (C=O) groups excluding carboxylic acids is 1. The minimum Gasteiger partial charge on any atom is -0.394 e. The zero-order valence-corrected chi connectivity index (χ0v) is 9.34. The van der Waals surface area contributed by atoms with E-state index in [-0.39, 0.29) is 6.61 Å². The van der Waals surface area contributed by atoms with Gasteiger partial charge in [-0.05, 0) is 19.1 Å². The number of pyridine rings is 1. The van der Waals surface area contributed by atoms with Crippen LogP contribution in [0.3, 0.4) is 0 Å². The van der Waals surface area contributed by atoms with Crippen molar-refractivity contribution < 1.29 is 23.1 Å². The average Bonchev–Trinajstić information content (AvgIpc) is 2.27. The number of aromatic amines is 1. The van der Waals surface area contributed by atoms with E-state index in [1.165, 1.54) is 6.92 Å². The first-order valence-corrected chi connectivity index (χ1v) is 4.98. The number of hydrogen-bond donors (Lipinski definition) is 3. The van der Waals surface area contributed by atoms with Crippen LogP contribution in [0.5, 0.6) is 0 Å². The summed E-state index contributed by atoms with van der Waals surface area (Å²) in [4.78, 5) is 24.4. The lowest BCUT2D eigenvalue weighted by Gasteiger charge is -2.11. The molecule has 1 atom stereocenters. The highest BCUT2D eigenvalue weighted by Crippen LogP contribution is 2.26. The van der Waals surface area contributed by atoms with E-state index in [1.807, 2.05) is 0 Å². The van der Waals surface area contributed by atoms with Crippen molar-refractivity contribution in [3.8, 4) is 0 Å². The quantitative estimate of drug-likeness (QED) is 0.743. The number of aromatic nitrogens is 1. The Hall–Kier alpha value is -1.83. The summed E-state index contributed by atoms with van der Waals surface area (Å²) in [5.41, 5.74) is -2.80. The van der Waals surface area contributed by atoms with E-state index in [2.05, 4.69) is 5.32 Å². The number of aliphatic hydroxyl groups excluding tert-OH is 1. The number of nitrogens with one attached hydrogen (secondary N) is 2. The smallest absolute Gasteiger partial charge is 0.394 e. The Balaban J connectivity index is 3.00. The molecule has 0 bridgehead atoms. The maximum absolute atomic E-state index is 12.3. The van der Waals surface area contributed by atoms with Crippen LogP contribution in [0.2, 0.25) is 0 Å². The fourth-order valence-corrected chi connectivity index (χ4v) is 1.17. The molecule has 0 unspecified atom stereocenters. The van der Waals surface area contributed by atoms with Gasteiger partial charge in [-0.15, -0.1) is 0 Å². The van der Waals surface area contributed by atoms with Crippen molar-refractivity contribution in [2.75, 3.05) is 6.61 Å². The number of alkyl halides is 3. The zero-order chi connectivity index (χ0) is 13.9. The van der Waals surface area contributed by atoms with E-state index < -0.39 is 34.9 Å². The van der Waals surface area contributed by atoms with Crippen molar-refractivity contribution in [3.63, 3.8) is 0 Å². The molecule has 18 heavy (non-hydrogen) atoms. The number of hydrogen-bond acceptors (Lipinski definition) is 3. The summed E-state index contributed by atoms with van der Waals surface area (Å²) >= 11 is 0. The van der Waals surface area contributed by atoms with Crippen LogP contribution in [0.4, 0.5) is 13.2 Å². The molecular weight excluding hydrogens is 253 g/mol. The zero-order valence-electron chi connectivity index (χ0n) is 9.34. The summed E-state index contributed by atoms with van der Waals surface area (Å²) in [6.45, 7) is 1.14. The second-order valence-corrected chi connectivity index (χ2v) is 3.67. The van der Waals surface area contributed by atoms with Gasteiger partial charge >= 0.3 is 6.18 Å². The predicted molar refractivity (Wildman–Crippen MR) is 56.1 cm³/mol. The SMILES string of the molecule is C[C@@H](CO)NC(=O)c1ccc(C(F)(F)F)[nH]c1=O. The number of carbonyl (C=O) groups is 1. The lowest BCUT2D eigenvalue weighted by atomic mass is 10.2. The fraction of sp³-hybridized carbons (Fsp3) is 0.400. The van der Waals surface area contributed by atoms with Gasteiger partial charge in [-0.1, -0.05) is 0 Å². The molecule has 5 nitrogen and oxygen atoms in total. The number of H-pyrrole nitrogens is 1. The third kappa shape index (κ3) is 3.33. The Morgan fingerprint density at radius 2 is 2.11 bits per heavy atom. The third-order valence-corrected chi connectivity index (χ3v) is 2.11. The van der Waals surface area contributed by atoms with Crippen LogP contribution < -0.4 is 10.9 Å². The molecule has 0 saturated heterocycles. The minimum absolute atomic E-state index is 0.343. The minimum atomic E-state index is -4.67. The Kier molecular flexibility index (Phi) is 4.12. The maximum atomic E-state index is 12.3. The Morgan fingerprint density at radius 1 is 1.50 bits per heavy atom. The van der Waals surface area contributed by atoms with E-state index in [0.29, 0.717) is 6.07 Å². The molecule has 0 saturated carbocycles. The van der Waals surface area contributed by atoms with Crippen molar-refractivity contribution in [2.24, 2.45) is 0 Å². The molecule has 1 amide bonds. The normalized spacial score (nSPS) is 13.2. The van der Waals surface area contributed by atoms with Crippen molar-refractivity contribution >= 4 is 5.91 Å². The summed E-state index contributed by atoms with van der Waals surface area (Å²) in [6, 6.07) is 0.806. The molecule has 0 aliphatic heterocycles. The summed E-state index contributed by atoms with van der Waals surface area (Å²) in [5, 5.41) is 11.0. The summed E-state index contributed by atoms with van der Waals surface area (Å²) in [6.07, 6.45) is -4.67. The molecule has 0 radical (unpaired) electrons. The molecule has 0 aromatic carbocycles. The van der Waals surface area contributed by atoms with Crippen LogP contribution in [0.15, 0.2) is 16.9 Å². The van der Waals surface area contributed by atoms with Crippen LogP contribution in [0.1, 0.15) is 23.0 Å². The molecule has 100 valence electrons. The van der Waals surface area contributed by atoms with Crippen molar-refractivity contribution in [3.05, 3.63) is 33.7 Å². The number of rotatable bonds is 3. The van der Waals surface area contributed by atoms with Crippen molar-refractivity contribution in [2.45, 2.75) is 19.1 Å². The van der Waals surface area contributed by atoms with Gasteiger partial charge in [-0.3, -0.25) is 9.59 Å². The van der Waals surface area contributed by atoms with Gasteiger partial charge in [0.25, 0.3) is 11.5 Å². The first-order valence-electron chi connectivity index (χ1n) is 4.98. The van der Waals surface area contributed by atoms with Gasteiger partial charge in [0.15, 0.2) is 0 Å². The molecule has 1 heterocycles. The van der Waals surface area contributed by atoms with Gasteiger partial charge in [-0.2, -0.15) is 13.2 Å². The third-order valence-electron chi connectivity index (χ3n) is 2.11. The van der Waals surface area contributed by atoms with Gasteiger partial charge in [-0.25, -0.2) is 0 Å².